The van der Waals surface area contributed by atoms with Crippen molar-refractivity contribution in [3.05, 3.63) is 65.2 Å². The van der Waals surface area contributed by atoms with E-state index in [4.69, 9.17) is 4.74 Å². The summed E-state index contributed by atoms with van der Waals surface area (Å²) in [6.45, 7) is 3.08. The third-order valence-corrected chi connectivity index (χ3v) is 6.16. The van der Waals surface area contributed by atoms with E-state index < -0.39 is 0 Å². The van der Waals surface area contributed by atoms with Crippen molar-refractivity contribution in [3.63, 3.8) is 0 Å². The number of aryl methyl sites for hydroxylation is 1. The highest BCUT2D eigenvalue weighted by Gasteiger charge is 2.30. The lowest BCUT2D eigenvalue weighted by Crippen LogP contribution is -2.38. The van der Waals surface area contributed by atoms with Crippen LogP contribution in [0.1, 0.15) is 36.0 Å². The summed E-state index contributed by atoms with van der Waals surface area (Å²) in [4.78, 5) is 15.2. The lowest BCUT2D eigenvalue weighted by molar-refractivity contribution is -0.139. The van der Waals surface area contributed by atoms with Gasteiger partial charge in [0.2, 0.25) is 5.91 Å². The minimum atomic E-state index is 0.118. The molecule has 158 valence electrons. The summed E-state index contributed by atoms with van der Waals surface area (Å²) in [7, 11) is 1.65. The molecule has 1 aliphatic carbocycles. The smallest absolute Gasteiger partial charge is 0.226 e. The van der Waals surface area contributed by atoms with Crippen molar-refractivity contribution in [2.75, 3.05) is 7.11 Å². The Kier molecular flexibility index (Phi) is 5.02. The quantitative estimate of drug-likeness (QED) is 0.477. The van der Waals surface area contributed by atoms with Crippen LogP contribution in [0.2, 0.25) is 0 Å². The summed E-state index contributed by atoms with van der Waals surface area (Å²) in [6, 6.07) is 16.2. The molecule has 7 heteroatoms. The van der Waals surface area contributed by atoms with Crippen LogP contribution in [-0.2, 0) is 17.9 Å². The number of amides is 1. The van der Waals surface area contributed by atoms with Crippen LogP contribution in [0, 0.1) is 12.8 Å². The second-order valence-corrected chi connectivity index (χ2v) is 8.32. The van der Waals surface area contributed by atoms with E-state index in [2.05, 4.69) is 40.6 Å². The maximum atomic E-state index is 13.3. The van der Waals surface area contributed by atoms with Crippen molar-refractivity contribution in [2.45, 2.75) is 39.3 Å². The topological polar surface area (TPSA) is 72.6 Å². The van der Waals surface area contributed by atoms with Gasteiger partial charge in [0.1, 0.15) is 5.75 Å². The van der Waals surface area contributed by atoms with Crippen molar-refractivity contribution in [1.29, 1.82) is 0 Å². The Morgan fingerprint density at radius 2 is 1.94 bits per heavy atom. The first-order valence-corrected chi connectivity index (χ1v) is 10.6. The van der Waals surface area contributed by atoms with Crippen LogP contribution in [0.15, 0.2) is 48.5 Å². The predicted molar refractivity (Wildman–Crippen MR) is 118 cm³/mol. The van der Waals surface area contributed by atoms with Crippen molar-refractivity contribution < 1.29 is 9.53 Å². The third-order valence-electron chi connectivity index (χ3n) is 6.16. The number of methoxy groups -OCH3 is 1. The van der Waals surface area contributed by atoms with Gasteiger partial charge < -0.3 is 9.64 Å². The number of benzene rings is 2. The minimum Gasteiger partial charge on any atom is -0.497 e. The van der Waals surface area contributed by atoms with E-state index >= 15 is 0 Å². The summed E-state index contributed by atoms with van der Waals surface area (Å²) in [5.74, 6) is 1.13. The second-order valence-electron chi connectivity index (χ2n) is 8.32. The molecule has 1 fully saturated rings. The van der Waals surface area contributed by atoms with Crippen molar-refractivity contribution in [3.8, 4) is 5.75 Å². The van der Waals surface area contributed by atoms with Gasteiger partial charge in [-0.15, -0.1) is 5.10 Å². The van der Waals surface area contributed by atoms with Crippen LogP contribution in [-0.4, -0.2) is 38.0 Å². The lowest BCUT2D eigenvalue weighted by atomic mass is 9.84. The summed E-state index contributed by atoms with van der Waals surface area (Å²) in [6.07, 6.45) is 3.06. The number of hydrogen-bond donors (Lipinski definition) is 0. The summed E-state index contributed by atoms with van der Waals surface area (Å²) < 4.78 is 7.03. The standard InChI is InChI=1S/C24H25N5O2/c1-16-6-11-22-19(12-16)13-20(23-25-26-27-29(22)23)15-28(24(30)18-4-3-5-18)14-17-7-9-21(31-2)10-8-17/h6-13,18H,3-5,14-15H2,1-2H3. The highest BCUT2D eigenvalue weighted by atomic mass is 16.5. The van der Waals surface area contributed by atoms with Crippen LogP contribution in [0.4, 0.5) is 0 Å². The van der Waals surface area contributed by atoms with Crippen LogP contribution in [0.3, 0.4) is 0 Å². The summed E-state index contributed by atoms with van der Waals surface area (Å²) in [5.41, 5.74) is 4.84. The number of ether oxygens (including phenoxy) is 1. The Labute approximate surface area is 180 Å². The third kappa shape index (κ3) is 3.71. The van der Waals surface area contributed by atoms with Gasteiger partial charge in [-0.05, 0) is 66.1 Å². The summed E-state index contributed by atoms with van der Waals surface area (Å²) >= 11 is 0. The number of fused-ring (bicyclic) bond motifs is 3. The van der Waals surface area contributed by atoms with Crippen molar-refractivity contribution in [1.82, 2.24) is 24.9 Å². The number of hydrogen-bond acceptors (Lipinski definition) is 5. The van der Waals surface area contributed by atoms with Gasteiger partial charge in [0, 0.05) is 30.0 Å². The Morgan fingerprint density at radius 1 is 1.13 bits per heavy atom. The predicted octanol–water partition coefficient (Wildman–Crippen LogP) is 3.92. The molecule has 1 aliphatic rings. The molecule has 2 heterocycles. The molecule has 7 nitrogen and oxygen atoms in total. The van der Waals surface area contributed by atoms with Crippen LogP contribution >= 0.6 is 0 Å². The Hall–Kier alpha value is -3.48. The lowest BCUT2D eigenvalue weighted by Gasteiger charge is -2.32. The van der Waals surface area contributed by atoms with Gasteiger partial charge in [-0.2, -0.15) is 4.52 Å². The first kappa shape index (κ1) is 19.5. The van der Waals surface area contributed by atoms with E-state index in [1.165, 1.54) is 5.56 Å². The maximum Gasteiger partial charge on any atom is 0.226 e. The molecular weight excluding hydrogens is 390 g/mol. The van der Waals surface area contributed by atoms with Crippen LogP contribution < -0.4 is 4.74 Å². The molecule has 31 heavy (non-hydrogen) atoms. The van der Waals surface area contributed by atoms with E-state index in [1.54, 1.807) is 11.6 Å². The fourth-order valence-electron chi connectivity index (χ4n) is 4.18. The molecule has 0 atom stereocenters. The molecule has 0 unspecified atom stereocenters. The highest BCUT2D eigenvalue weighted by Crippen LogP contribution is 2.30. The number of rotatable bonds is 6. The van der Waals surface area contributed by atoms with E-state index in [0.29, 0.717) is 18.7 Å². The number of aromatic nitrogens is 4. The minimum absolute atomic E-state index is 0.118. The van der Waals surface area contributed by atoms with E-state index in [0.717, 1.165) is 47.0 Å². The van der Waals surface area contributed by atoms with Crippen LogP contribution in [0.5, 0.6) is 5.75 Å². The molecule has 1 amide bonds. The average Bonchev–Trinajstić information content (AvgIpc) is 3.22. The molecule has 1 saturated carbocycles. The normalized spacial score (nSPS) is 14.0. The molecule has 5 rings (SSSR count). The molecule has 0 saturated heterocycles. The molecule has 0 spiro atoms. The number of nitrogens with zero attached hydrogens (tertiary/aromatic N) is 5. The SMILES string of the molecule is COc1ccc(CN(Cc2cc3cc(C)ccc3n3nnnc23)C(=O)C2CCC2)cc1. The molecule has 0 aliphatic heterocycles. The Morgan fingerprint density at radius 3 is 2.65 bits per heavy atom. The number of carbonyl (C=O) groups is 1. The summed E-state index contributed by atoms with van der Waals surface area (Å²) in [5, 5.41) is 13.4. The van der Waals surface area contributed by atoms with Gasteiger partial charge in [-0.1, -0.05) is 30.2 Å². The Balaban J connectivity index is 1.52. The molecule has 4 aromatic rings. The maximum absolute atomic E-state index is 13.3. The van der Waals surface area contributed by atoms with Crippen LogP contribution in [0.25, 0.3) is 16.6 Å². The zero-order chi connectivity index (χ0) is 21.4. The number of tetrazole rings is 1. The molecular formula is C24H25N5O2. The van der Waals surface area contributed by atoms with E-state index in [-0.39, 0.29) is 11.8 Å². The average molecular weight is 415 g/mol. The van der Waals surface area contributed by atoms with Gasteiger partial charge in [0.25, 0.3) is 0 Å². The molecule has 0 radical (unpaired) electrons. The first-order valence-electron chi connectivity index (χ1n) is 10.6. The molecule has 0 N–H and O–H groups in total. The van der Waals surface area contributed by atoms with E-state index in [1.807, 2.05) is 35.2 Å². The first-order chi connectivity index (χ1) is 15.1. The Bertz CT molecular complexity index is 1240. The largest absolute Gasteiger partial charge is 0.497 e. The fraction of sp³-hybridized carbons (Fsp3) is 0.333. The number of carbonyl (C=O) groups excluding carboxylic acids is 1. The van der Waals surface area contributed by atoms with Crippen molar-refractivity contribution >= 4 is 22.5 Å². The zero-order valence-electron chi connectivity index (χ0n) is 17.8. The molecule has 2 aromatic carbocycles. The van der Waals surface area contributed by atoms with Gasteiger partial charge in [0.05, 0.1) is 12.6 Å². The highest BCUT2D eigenvalue weighted by molar-refractivity contribution is 5.84. The van der Waals surface area contributed by atoms with Gasteiger partial charge in [-0.25, -0.2) is 0 Å². The number of pyridine rings is 1. The second kappa shape index (κ2) is 7.98. The van der Waals surface area contributed by atoms with Crippen molar-refractivity contribution in [2.24, 2.45) is 5.92 Å². The van der Waals surface area contributed by atoms with Gasteiger partial charge in [0.15, 0.2) is 5.65 Å². The van der Waals surface area contributed by atoms with Gasteiger partial charge >= 0.3 is 0 Å². The molecule has 2 aromatic heterocycles. The fourth-order valence-corrected chi connectivity index (χ4v) is 4.18. The monoisotopic (exact) mass is 415 g/mol. The molecule has 0 bridgehead atoms. The van der Waals surface area contributed by atoms with Gasteiger partial charge in [-0.3, -0.25) is 4.79 Å². The van der Waals surface area contributed by atoms with E-state index in [9.17, 15) is 4.79 Å². The zero-order valence-corrected chi connectivity index (χ0v) is 17.8.